The molecule has 1 aromatic rings. The average Bonchev–Trinajstić information content (AvgIpc) is 2.52. The standard InChI is InChI=1S/C6H10N2O6S2/c1-2-5-15(9,10)14-16(11,12)13-8-4-3-7-6-8/h3-4,6H,2,5H2,1H3. The monoisotopic (exact) mass is 270 g/mol. The first-order chi connectivity index (χ1) is 7.35. The zero-order chi connectivity index (χ0) is 12.2. The lowest BCUT2D eigenvalue weighted by molar-refractivity contribution is 0.244. The Morgan fingerprint density at radius 3 is 2.50 bits per heavy atom. The fraction of sp³-hybridized carbons (Fsp3) is 0.500. The first-order valence-corrected chi connectivity index (χ1v) is 7.12. The molecule has 0 N–H and O–H groups in total. The molecule has 1 heterocycles. The van der Waals surface area contributed by atoms with Crippen molar-refractivity contribution in [1.29, 1.82) is 0 Å². The van der Waals surface area contributed by atoms with Crippen molar-refractivity contribution in [2.75, 3.05) is 5.75 Å². The van der Waals surface area contributed by atoms with Gasteiger partial charge in [0.1, 0.15) is 6.33 Å². The summed E-state index contributed by atoms with van der Waals surface area (Å²) in [5.41, 5.74) is 0. The molecule has 92 valence electrons. The topological polar surface area (TPSA) is 105 Å². The van der Waals surface area contributed by atoms with Crippen LogP contribution in [-0.2, 0) is 24.1 Å². The summed E-state index contributed by atoms with van der Waals surface area (Å²) in [7, 11) is -8.79. The first kappa shape index (κ1) is 12.9. The van der Waals surface area contributed by atoms with E-state index >= 15 is 0 Å². The van der Waals surface area contributed by atoms with Gasteiger partial charge in [-0.05, 0) is 6.42 Å². The van der Waals surface area contributed by atoms with E-state index in [-0.39, 0.29) is 6.42 Å². The lowest BCUT2D eigenvalue weighted by Gasteiger charge is -2.05. The Kier molecular flexibility index (Phi) is 3.88. The molecule has 1 rings (SSSR count). The van der Waals surface area contributed by atoms with Gasteiger partial charge in [0, 0.05) is 6.20 Å². The number of hydrogen-bond acceptors (Lipinski definition) is 7. The third-order valence-corrected chi connectivity index (χ3v) is 4.06. The molecule has 0 amide bonds. The zero-order valence-electron chi connectivity index (χ0n) is 8.31. The largest absolute Gasteiger partial charge is 0.482 e. The summed E-state index contributed by atoms with van der Waals surface area (Å²) < 4.78 is 53.2. The van der Waals surface area contributed by atoms with E-state index in [0.717, 1.165) is 6.33 Å². The molecule has 0 aromatic carbocycles. The van der Waals surface area contributed by atoms with Crippen molar-refractivity contribution >= 4 is 20.5 Å². The van der Waals surface area contributed by atoms with Gasteiger partial charge in [-0.2, -0.15) is 21.6 Å². The molecule has 0 atom stereocenters. The Balaban J connectivity index is 2.73. The normalized spacial score (nSPS) is 12.6. The molecule has 1 aromatic heterocycles. The maximum Gasteiger partial charge on any atom is 0.482 e. The van der Waals surface area contributed by atoms with Gasteiger partial charge in [-0.25, -0.2) is 4.98 Å². The lowest BCUT2D eigenvalue weighted by Crippen LogP contribution is -2.25. The van der Waals surface area contributed by atoms with E-state index in [1.807, 2.05) is 0 Å². The summed E-state index contributed by atoms with van der Waals surface area (Å²) in [5.74, 6) is -0.403. The summed E-state index contributed by atoms with van der Waals surface area (Å²) in [6.07, 6.45) is 3.71. The van der Waals surface area contributed by atoms with E-state index in [0.29, 0.717) is 4.73 Å². The van der Waals surface area contributed by atoms with Crippen molar-refractivity contribution in [3.63, 3.8) is 0 Å². The molecule has 0 saturated carbocycles. The van der Waals surface area contributed by atoms with Gasteiger partial charge >= 0.3 is 10.4 Å². The van der Waals surface area contributed by atoms with E-state index in [2.05, 4.69) is 12.9 Å². The highest BCUT2D eigenvalue weighted by Crippen LogP contribution is 2.03. The van der Waals surface area contributed by atoms with Crippen molar-refractivity contribution in [2.24, 2.45) is 0 Å². The Hall–Kier alpha value is -1.13. The molecule has 0 unspecified atom stereocenters. The van der Waals surface area contributed by atoms with Gasteiger partial charge < -0.3 is 0 Å². The molecule has 0 spiro atoms. The van der Waals surface area contributed by atoms with Gasteiger partial charge in [-0.1, -0.05) is 6.92 Å². The molecule has 0 aliphatic rings. The maximum absolute atomic E-state index is 11.1. The molecule has 0 fully saturated rings. The number of aromatic nitrogens is 2. The van der Waals surface area contributed by atoms with Crippen LogP contribution in [0.5, 0.6) is 0 Å². The second-order valence-corrected chi connectivity index (χ2v) is 5.77. The van der Waals surface area contributed by atoms with Gasteiger partial charge in [-0.15, -0.1) is 3.63 Å². The Labute approximate surface area is 93.2 Å². The fourth-order valence-electron chi connectivity index (χ4n) is 0.820. The molecule has 0 saturated heterocycles. The van der Waals surface area contributed by atoms with Gasteiger partial charge in [0.15, 0.2) is 0 Å². The fourth-order valence-corrected chi connectivity index (χ4v) is 3.01. The number of imidazole rings is 1. The van der Waals surface area contributed by atoms with Crippen molar-refractivity contribution in [3.05, 3.63) is 18.7 Å². The average molecular weight is 270 g/mol. The second-order valence-electron chi connectivity index (χ2n) is 2.74. The lowest BCUT2D eigenvalue weighted by atomic mass is 10.6. The zero-order valence-corrected chi connectivity index (χ0v) is 9.94. The minimum atomic E-state index is -4.65. The highest BCUT2D eigenvalue weighted by atomic mass is 32.3. The van der Waals surface area contributed by atoms with Gasteiger partial charge in [0.05, 0.1) is 11.9 Å². The first-order valence-electron chi connectivity index (χ1n) is 4.21. The van der Waals surface area contributed by atoms with E-state index in [1.54, 1.807) is 6.92 Å². The third-order valence-electron chi connectivity index (χ3n) is 1.30. The number of nitrogens with zero attached hydrogens (tertiary/aromatic N) is 2. The molecule has 8 nitrogen and oxygen atoms in total. The third kappa shape index (κ3) is 4.16. The van der Waals surface area contributed by atoms with Crippen LogP contribution in [0.1, 0.15) is 13.3 Å². The molecule has 0 bridgehead atoms. The van der Waals surface area contributed by atoms with Crippen LogP contribution in [-0.4, -0.2) is 32.3 Å². The van der Waals surface area contributed by atoms with Gasteiger partial charge in [-0.3, -0.25) is 4.28 Å². The van der Waals surface area contributed by atoms with Crippen LogP contribution < -0.4 is 4.28 Å². The highest BCUT2D eigenvalue weighted by molar-refractivity contribution is 7.97. The minimum absolute atomic E-state index is 0.239. The summed E-state index contributed by atoms with van der Waals surface area (Å²) in [4.78, 5) is 3.51. The molecular weight excluding hydrogens is 260 g/mol. The molecule has 16 heavy (non-hydrogen) atoms. The molecule has 0 aliphatic carbocycles. The maximum atomic E-state index is 11.1. The van der Waals surface area contributed by atoms with Crippen molar-refractivity contribution in [3.8, 4) is 0 Å². The minimum Gasteiger partial charge on any atom is -0.264 e. The van der Waals surface area contributed by atoms with Crippen LogP contribution in [0.4, 0.5) is 0 Å². The second kappa shape index (κ2) is 4.80. The predicted octanol–water partition coefficient (Wildman–Crippen LogP) is -0.687. The quantitative estimate of drug-likeness (QED) is 0.673. The van der Waals surface area contributed by atoms with Crippen LogP contribution in [0.3, 0.4) is 0 Å². The summed E-state index contributed by atoms with van der Waals surface area (Å²) in [5, 5.41) is 0. The summed E-state index contributed by atoms with van der Waals surface area (Å²) >= 11 is 0. The Morgan fingerprint density at radius 1 is 1.31 bits per heavy atom. The van der Waals surface area contributed by atoms with Gasteiger partial charge in [0.2, 0.25) is 0 Å². The van der Waals surface area contributed by atoms with E-state index in [4.69, 9.17) is 0 Å². The molecule has 0 radical (unpaired) electrons. The Morgan fingerprint density at radius 2 is 2.00 bits per heavy atom. The summed E-state index contributed by atoms with van der Waals surface area (Å²) in [6, 6.07) is 0. The van der Waals surface area contributed by atoms with E-state index in [9.17, 15) is 16.8 Å². The molecule has 10 heteroatoms. The van der Waals surface area contributed by atoms with Crippen LogP contribution >= 0.6 is 0 Å². The smallest absolute Gasteiger partial charge is 0.264 e. The summed E-state index contributed by atoms with van der Waals surface area (Å²) in [6.45, 7) is 1.57. The van der Waals surface area contributed by atoms with Crippen LogP contribution in [0.15, 0.2) is 18.7 Å². The molecular formula is C6H10N2O6S2. The molecule has 0 aliphatic heterocycles. The van der Waals surface area contributed by atoms with Crippen LogP contribution in [0.2, 0.25) is 0 Å². The predicted molar refractivity (Wildman–Crippen MR) is 52.9 cm³/mol. The van der Waals surface area contributed by atoms with Crippen LogP contribution in [0, 0.1) is 0 Å². The number of hydrogen-bond donors (Lipinski definition) is 0. The van der Waals surface area contributed by atoms with Crippen LogP contribution in [0.25, 0.3) is 0 Å². The Bertz CT molecular complexity index is 517. The van der Waals surface area contributed by atoms with E-state index in [1.165, 1.54) is 12.4 Å². The van der Waals surface area contributed by atoms with Crippen molar-refractivity contribution in [1.82, 2.24) is 9.71 Å². The SMILES string of the molecule is CCCS(=O)(=O)OS(=O)(=O)On1ccnc1. The van der Waals surface area contributed by atoms with Gasteiger partial charge in [0.25, 0.3) is 10.1 Å². The van der Waals surface area contributed by atoms with Crippen molar-refractivity contribution < 1.29 is 24.7 Å². The highest BCUT2D eigenvalue weighted by Gasteiger charge is 2.24. The van der Waals surface area contributed by atoms with Crippen molar-refractivity contribution in [2.45, 2.75) is 13.3 Å². The number of rotatable bonds is 6. The van der Waals surface area contributed by atoms with E-state index < -0.39 is 26.3 Å².